The predicted molar refractivity (Wildman–Crippen MR) is 86.0 cm³/mol. The topological polar surface area (TPSA) is 70.2 Å². The van der Waals surface area contributed by atoms with Crippen LogP contribution in [0.3, 0.4) is 0 Å². The lowest BCUT2D eigenvalue weighted by Gasteiger charge is -2.05. The maximum Gasteiger partial charge on any atom is 0.276 e. The lowest BCUT2D eigenvalue weighted by atomic mass is 10.2. The van der Waals surface area contributed by atoms with Gasteiger partial charge in [0.25, 0.3) is 5.69 Å². The summed E-state index contributed by atoms with van der Waals surface area (Å²) in [5.41, 5.74) is 1.25. The summed E-state index contributed by atoms with van der Waals surface area (Å²) in [6.45, 7) is 0.0662. The zero-order valence-electron chi connectivity index (χ0n) is 11.9. The van der Waals surface area contributed by atoms with Gasteiger partial charge in [0.2, 0.25) is 5.88 Å². The van der Waals surface area contributed by atoms with Gasteiger partial charge < -0.3 is 4.74 Å². The van der Waals surface area contributed by atoms with Gasteiger partial charge in [-0.2, -0.15) is 0 Å². The Morgan fingerprint density at radius 2 is 1.87 bits per heavy atom. The number of nitrogens with zero attached hydrogens (tertiary/aromatic N) is 3. The standard InChI is InChI=1S/C16H12ClN3O3/c17-13-6-2-4-8-15(13)19-10-9-16(18-19)23-11-12-5-1-3-7-14(12)20(21)22/h1-10H,11H2. The number of rotatable bonds is 5. The van der Waals surface area contributed by atoms with Gasteiger partial charge in [0.15, 0.2) is 0 Å². The summed E-state index contributed by atoms with van der Waals surface area (Å²) >= 11 is 6.12. The summed E-state index contributed by atoms with van der Waals surface area (Å²) in [7, 11) is 0. The van der Waals surface area contributed by atoms with Crippen LogP contribution < -0.4 is 4.74 Å². The van der Waals surface area contributed by atoms with E-state index in [4.69, 9.17) is 16.3 Å². The Morgan fingerprint density at radius 1 is 1.13 bits per heavy atom. The van der Waals surface area contributed by atoms with E-state index in [1.807, 2.05) is 18.2 Å². The molecular weight excluding hydrogens is 318 g/mol. The normalized spacial score (nSPS) is 10.5. The highest BCUT2D eigenvalue weighted by molar-refractivity contribution is 6.32. The van der Waals surface area contributed by atoms with E-state index in [-0.39, 0.29) is 12.3 Å². The summed E-state index contributed by atoms with van der Waals surface area (Å²) in [5, 5.41) is 15.8. The third-order valence-electron chi connectivity index (χ3n) is 3.23. The molecule has 116 valence electrons. The van der Waals surface area contributed by atoms with Crippen molar-refractivity contribution in [3.8, 4) is 11.6 Å². The maximum atomic E-state index is 11.0. The Bertz CT molecular complexity index is 848. The van der Waals surface area contributed by atoms with Gasteiger partial charge >= 0.3 is 0 Å². The zero-order chi connectivity index (χ0) is 16.2. The van der Waals surface area contributed by atoms with Crippen molar-refractivity contribution >= 4 is 17.3 Å². The zero-order valence-corrected chi connectivity index (χ0v) is 12.7. The average molecular weight is 330 g/mol. The molecule has 1 heterocycles. The first-order chi connectivity index (χ1) is 11.1. The van der Waals surface area contributed by atoms with E-state index in [1.54, 1.807) is 41.2 Å². The summed E-state index contributed by atoms with van der Waals surface area (Å²) in [4.78, 5) is 10.5. The van der Waals surface area contributed by atoms with Crippen molar-refractivity contribution in [3.63, 3.8) is 0 Å². The Hall–Kier alpha value is -2.86. The number of hydrogen-bond donors (Lipinski definition) is 0. The molecule has 0 spiro atoms. The van der Waals surface area contributed by atoms with E-state index < -0.39 is 4.92 Å². The van der Waals surface area contributed by atoms with Gasteiger partial charge in [-0.15, -0.1) is 5.10 Å². The van der Waals surface area contributed by atoms with Crippen LogP contribution in [0.1, 0.15) is 5.56 Å². The van der Waals surface area contributed by atoms with E-state index in [0.717, 1.165) is 5.69 Å². The van der Waals surface area contributed by atoms with Crippen LogP contribution >= 0.6 is 11.6 Å². The van der Waals surface area contributed by atoms with Gasteiger partial charge in [-0.1, -0.05) is 35.9 Å². The molecule has 2 aromatic carbocycles. The van der Waals surface area contributed by atoms with Gasteiger partial charge in [-0.05, 0) is 18.2 Å². The molecule has 0 saturated heterocycles. The van der Waals surface area contributed by atoms with Gasteiger partial charge in [0, 0.05) is 18.3 Å². The van der Waals surface area contributed by atoms with E-state index >= 15 is 0 Å². The number of benzene rings is 2. The Balaban J connectivity index is 1.76. The van der Waals surface area contributed by atoms with Crippen LogP contribution in [-0.2, 0) is 6.61 Å². The van der Waals surface area contributed by atoms with Crippen molar-refractivity contribution in [2.75, 3.05) is 0 Å². The average Bonchev–Trinajstić information content (AvgIpc) is 3.02. The Labute approximate surface area is 137 Å². The van der Waals surface area contributed by atoms with Crippen LogP contribution in [-0.4, -0.2) is 14.7 Å². The number of ether oxygens (including phenoxy) is 1. The highest BCUT2D eigenvalue weighted by atomic mass is 35.5. The van der Waals surface area contributed by atoms with Crippen LogP contribution in [0.2, 0.25) is 5.02 Å². The Morgan fingerprint density at radius 3 is 2.65 bits per heavy atom. The maximum absolute atomic E-state index is 11.0. The fraction of sp³-hybridized carbons (Fsp3) is 0.0625. The lowest BCUT2D eigenvalue weighted by Crippen LogP contribution is -2.01. The second kappa shape index (κ2) is 6.50. The van der Waals surface area contributed by atoms with Crippen molar-refractivity contribution in [3.05, 3.63) is 81.5 Å². The molecular formula is C16H12ClN3O3. The van der Waals surface area contributed by atoms with Crippen molar-refractivity contribution < 1.29 is 9.66 Å². The molecule has 6 nitrogen and oxygen atoms in total. The van der Waals surface area contributed by atoms with Crippen LogP contribution in [0.4, 0.5) is 5.69 Å². The summed E-state index contributed by atoms with van der Waals surface area (Å²) in [6.07, 6.45) is 1.72. The number of aromatic nitrogens is 2. The third kappa shape index (κ3) is 3.32. The fourth-order valence-corrected chi connectivity index (χ4v) is 2.34. The Kier molecular flexibility index (Phi) is 4.25. The van der Waals surface area contributed by atoms with Crippen molar-refractivity contribution in [1.82, 2.24) is 9.78 Å². The first-order valence-corrected chi connectivity index (χ1v) is 7.18. The lowest BCUT2D eigenvalue weighted by molar-refractivity contribution is -0.385. The molecule has 23 heavy (non-hydrogen) atoms. The molecule has 0 unspecified atom stereocenters. The molecule has 0 aliphatic heterocycles. The molecule has 0 radical (unpaired) electrons. The van der Waals surface area contributed by atoms with Crippen LogP contribution in [0.5, 0.6) is 5.88 Å². The highest BCUT2D eigenvalue weighted by Crippen LogP contribution is 2.22. The first-order valence-electron chi connectivity index (χ1n) is 6.81. The summed E-state index contributed by atoms with van der Waals surface area (Å²) in [6, 6.07) is 15.4. The molecule has 0 fully saturated rings. The number of nitro benzene ring substituents is 1. The second-order valence-corrected chi connectivity index (χ2v) is 5.13. The van der Waals surface area contributed by atoms with Gasteiger partial charge in [0.05, 0.1) is 21.2 Å². The molecule has 3 aromatic rings. The molecule has 1 aromatic heterocycles. The summed E-state index contributed by atoms with van der Waals surface area (Å²) in [5.74, 6) is 0.364. The van der Waals surface area contributed by atoms with E-state index in [0.29, 0.717) is 16.5 Å². The largest absolute Gasteiger partial charge is 0.471 e. The van der Waals surface area contributed by atoms with Gasteiger partial charge in [0.1, 0.15) is 6.61 Å². The second-order valence-electron chi connectivity index (χ2n) is 4.72. The fourth-order valence-electron chi connectivity index (χ4n) is 2.12. The van der Waals surface area contributed by atoms with Crippen molar-refractivity contribution in [2.45, 2.75) is 6.61 Å². The molecule has 0 aliphatic rings. The molecule has 0 saturated carbocycles. The SMILES string of the molecule is O=[N+]([O-])c1ccccc1COc1ccn(-c2ccccc2Cl)n1. The molecule has 0 atom stereocenters. The van der Waals surface area contributed by atoms with Crippen LogP contribution in [0.25, 0.3) is 5.69 Å². The monoisotopic (exact) mass is 329 g/mol. The molecule has 0 amide bonds. The molecule has 7 heteroatoms. The van der Waals surface area contributed by atoms with Gasteiger partial charge in [-0.3, -0.25) is 10.1 Å². The molecule has 0 N–H and O–H groups in total. The summed E-state index contributed by atoms with van der Waals surface area (Å²) < 4.78 is 7.14. The number of para-hydroxylation sites is 2. The number of nitro groups is 1. The highest BCUT2D eigenvalue weighted by Gasteiger charge is 2.13. The van der Waals surface area contributed by atoms with E-state index in [9.17, 15) is 10.1 Å². The van der Waals surface area contributed by atoms with E-state index in [1.165, 1.54) is 6.07 Å². The third-order valence-corrected chi connectivity index (χ3v) is 3.55. The minimum atomic E-state index is -0.430. The molecule has 3 rings (SSSR count). The smallest absolute Gasteiger partial charge is 0.276 e. The predicted octanol–water partition coefficient (Wildman–Crippen LogP) is 4.01. The first kappa shape index (κ1) is 15.1. The van der Waals surface area contributed by atoms with Crippen LogP contribution in [0.15, 0.2) is 60.8 Å². The number of hydrogen-bond acceptors (Lipinski definition) is 4. The molecule has 0 aliphatic carbocycles. The number of halogens is 1. The minimum Gasteiger partial charge on any atom is -0.471 e. The van der Waals surface area contributed by atoms with Crippen molar-refractivity contribution in [1.29, 1.82) is 0 Å². The van der Waals surface area contributed by atoms with Crippen LogP contribution in [0, 0.1) is 10.1 Å². The minimum absolute atomic E-state index is 0.0260. The quantitative estimate of drug-likeness (QED) is 0.523. The van der Waals surface area contributed by atoms with Crippen molar-refractivity contribution in [2.24, 2.45) is 0 Å². The van der Waals surface area contributed by atoms with Gasteiger partial charge in [-0.25, -0.2) is 4.68 Å². The van der Waals surface area contributed by atoms with E-state index in [2.05, 4.69) is 5.10 Å². The molecule has 0 bridgehead atoms.